The average Bonchev–Trinajstić information content (AvgIpc) is 2.17. The summed E-state index contributed by atoms with van der Waals surface area (Å²) in [5, 5.41) is 0. The molecule has 0 unspecified atom stereocenters. The van der Waals surface area contributed by atoms with Gasteiger partial charge in [-0.15, -0.1) is 0 Å². The molecule has 1 aromatic carbocycles. The molecule has 1 heteroatoms. The first-order chi connectivity index (χ1) is 6.27. The van der Waals surface area contributed by atoms with Gasteiger partial charge in [0.05, 0.1) is 0 Å². The van der Waals surface area contributed by atoms with Gasteiger partial charge in [-0.25, -0.2) is 0 Å². The van der Waals surface area contributed by atoms with Gasteiger partial charge in [0.25, 0.3) is 0 Å². The first-order valence-electron chi connectivity index (χ1n) is 5.04. The lowest BCUT2D eigenvalue weighted by molar-refractivity contribution is 0.295. The minimum atomic E-state index is 1.08. The summed E-state index contributed by atoms with van der Waals surface area (Å²) >= 11 is 0. The van der Waals surface area contributed by atoms with Crippen LogP contribution in [0.5, 0.6) is 0 Å². The number of hydrogen-bond donors (Lipinski definition) is 0. The van der Waals surface area contributed by atoms with Gasteiger partial charge in [-0.05, 0) is 31.1 Å². The highest BCUT2D eigenvalue weighted by Gasteiger charge is 2.02. The molecule has 0 atom stereocenters. The summed E-state index contributed by atoms with van der Waals surface area (Å²) in [4.78, 5) is 2.43. The Morgan fingerprint density at radius 2 is 1.69 bits per heavy atom. The normalized spacial score (nSPS) is 10.8. The molecule has 0 amide bonds. The van der Waals surface area contributed by atoms with Crippen LogP contribution in [0.3, 0.4) is 0 Å². The van der Waals surface area contributed by atoms with Crippen LogP contribution >= 0.6 is 0 Å². The third-order valence-electron chi connectivity index (χ3n) is 2.55. The van der Waals surface area contributed by atoms with Crippen LogP contribution in [-0.2, 0) is 6.54 Å². The predicted octanol–water partition coefficient (Wildman–Crippen LogP) is 2.84. The molecule has 0 spiro atoms. The lowest BCUT2D eigenvalue weighted by Crippen LogP contribution is -2.22. The number of hydrogen-bond acceptors (Lipinski definition) is 1. The molecule has 0 fully saturated rings. The molecule has 72 valence electrons. The zero-order valence-corrected chi connectivity index (χ0v) is 8.88. The topological polar surface area (TPSA) is 3.24 Å². The van der Waals surface area contributed by atoms with Crippen molar-refractivity contribution in [3.63, 3.8) is 0 Å². The summed E-state index contributed by atoms with van der Waals surface area (Å²) in [7, 11) is 0. The van der Waals surface area contributed by atoms with E-state index in [0.717, 1.165) is 19.6 Å². The Bertz CT molecular complexity index is 251. The zero-order valence-electron chi connectivity index (χ0n) is 8.88. The maximum atomic E-state index is 2.43. The van der Waals surface area contributed by atoms with Crippen molar-refractivity contribution >= 4 is 0 Å². The first kappa shape index (κ1) is 10.3. The monoisotopic (exact) mass is 177 g/mol. The highest BCUT2D eigenvalue weighted by molar-refractivity contribution is 5.25. The minimum Gasteiger partial charge on any atom is -0.300 e. The van der Waals surface area contributed by atoms with Crippen molar-refractivity contribution in [2.24, 2.45) is 0 Å². The smallest absolute Gasteiger partial charge is 0.0236 e. The lowest BCUT2D eigenvalue weighted by Gasteiger charge is -2.19. The van der Waals surface area contributed by atoms with Crippen molar-refractivity contribution in [1.82, 2.24) is 4.90 Å². The molecule has 0 aliphatic carbocycles. The van der Waals surface area contributed by atoms with E-state index in [1.165, 1.54) is 11.1 Å². The van der Waals surface area contributed by atoms with Gasteiger partial charge in [-0.2, -0.15) is 0 Å². The van der Waals surface area contributed by atoms with Gasteiger partial charge >= 0.3 is 0 Å². The Hall–Kier alpha value is -0.820. The van der Waals surface area contributed by atoms with Crippen LogP contribution in [0.2, 0.25) is 0 Å². The van der Waals surface area contributed by atoms with E-state index in [9.17, 15) is 0 Å². The number of rotatable bonds is 4. The molecule has 0 bridgehead atoms. The maximum absolute atomic E-state index is 2.43. The third-order valence-corrected chi connectivity index (χ3v) is 2.55. The lowest BCUT2D eigenvalue weighted by atomic mass is 10.1. The van der Waals surface area contributed by atoms with Gasteiger partial charge in [-0.3, -0.25) is 4.90 Å². The second-order valence-corrected chi connectivity index (χ2v) is 3.39. The van der Waals surface area contributed by atoms with E-state index in [4.69, 9.17) is 0 Å². The van der Waals surface area contributed by atoms with Gasteiger partial charge in [0.15, 0.2) is 0 Å². The standard InChI is InChI=1S/C12H19N/c1-4-13(5-2)10-12-9-7-6-8-11(12)3/h6-9H,4-5,10H2,1-3H3. The summed E-state index contributed by atoms with van der Waals surface area (Å²) in [6.45, 7) is 9.94. The quantitative estimate of drug-likeness (QED) is 0.683. The highest BCUT2D eigenvalue weighted by Crippen LogP contribution is 2.09. The summed E-state index contributed by atoms with van der Waals surface area (Å²) in [6, 6.07) is 8.61. The molecular weight excluding hydrogens is 158 g/mol. The van der Waals surface area contributed by atoms with Crippen molar-refractivity contribution in [2.45, 2.75) is 27.3 Å². The summed E-state index contributed by atoms with van der Waals surface area (Å²) in [5.74, 6) is 0. The van der Waals surface area contributed by atoms with Crippen LogP contribution in [-0.4, -0.2) is 18.0 Å². The second-order valence-electron chi connectivity index (χ2n) is 3.39. The van der Waals surface area contributed by atoms with E-state index in [1.807, 2.05) is 0 Å². The molecule has 1 nitrogen and oxygen atoms in total. The molecule has 1 aromatic rings. The van der Waals surface area contributed by atoms with Crippen LogP contribution in [0.4, 0.5) is 0 Å². The Labute approximate surface area is 81.4 Å². The molecule has 0 aliphatic heterocycles. The zero-order chi connectivity index (χ0) is 9.68. The molecule has 0 saturated carbocycles. The van der Waals surface area contributed by atoms with Gasteiger partial charge in [0.1, 0.15) is 0 Å². The van der Waals surface area contributed by atoms with Crippen LogP contribution in [0, 0.1) is 6.92 Å². The maximum Gasteiger partial charge on any atom is 0.0236 e. The summed E-state index contributed by atoms with van der Waals surface area (Å²) < 4.78 is 0. The fourth-order valence-electron chi connectivity index (χ4n) is 1.48. The van der Waals surface area contributed by atoms with E-state index in [-0.39, 0.29) is 0 Å². The molecule has 0 radical (unpaired) electrons. The number of aryl methyl sites for hydroxylation is 1. The number of benzene rings is 1. The fraction of sp³-hybridized carbons (Fsp3) is 0.500. The third kappa shape index (κ3) is 2.85. The second kappa shape index (κ2) is 5.03. The number of nitrogens with zero attached hydrogens (tertiary/aromatic N) is 1. The van der Waals surface area contributed by atoms with Gasteiger partial charge in [0, 0.05) is 6.54 Å². The summed E-state index contributed by atoms with van der Waals surface area (Å²) in [5.41, 5.74) is 2.85. The Morgan fingerprint density at radius 3 is 2.23 bits per heavy atom. The Balaban J connectivity index is 2.67. The first-order valence-corrected chi connectivity index (χ1v) is 5.04. The molecule has 13 heavy (non-hydrogen) atoms. The van der Waals surface area contributed by atoms with E-state index in [0.29, 0.717) is 0 Å². The molecular formula is C12H19N. The van der Waals surface area contributed by atoms with Crippen molar-refractivity contribution < 1.29 is 0 Å². The van der Waals surface area contributed by atoms with Gasteiger partial charge in [-0.1, -0.05) is 38.1 Å². The Morgan fingerprint density at radius 1 is 1.08 bits per heavy atom. The molecule has 0 N–H and O–H groups in total. The van der Waals surface area contributed by atoms with Crippen molar-refractivity contribution in [1.29, 1.82) is 0 Å². The highest BCUT2D eigenvalue weighted by atomic mass is 15.1. The van der Waals surface area contributed by atoms with Crippen LogP contribution in [0.15, 0.2) is 24.3 Å². The van der Waals surface area contributed by atoms with Gasteiger partial charge in [0.2, 0.25) is 0 Å². The van der Waals surface area contributed by atoms with Crippen LogP contribution in [0.25, 0.3) is 0 Å². The van der Waals surface area contributed by atoms with Crippen LogP contribution < -0.4 is 0 Å². The average molecular weight is 177 g/mol. The van der Waals surface area contributed by atoms with Crippen molar-refractivity contribution in [2.75, 3.05) is 13.1 Å². The van der Waals surface area contributed by atoms with Gasteiger partial charge < -0.3 is 0 Å². The molecule has 0 saturated heterocycles. The molecule has 0 aliphatic rings. The Kier molecular flexibility index (Phi) is 3.97. The van der Waals surface area contributed by atoms with E-state index in [2.05, 4.69) is 49.9 Å². The van der Waals surface area contributed by atoms with Crippen molar-refractivity contribution in [3.8, 4) is 0 Å². The largest absolute Gasteiger partial charge is 0.300 e. The van der Waals surface area contributed by atoms with Crippen molar-refractivity contribution in [3.05, 3.63) is 35.4 Å². The van der Waals surface area contributed by atoms with E-state index in [1.54, 1.807) is 0 Å². The molecule has 0 heterocycles. The van der Waals surface area contributed by atoms with E-state index < -0.39 is 0 Å². The fourth-order valence-corrected chi connectivity index (χ4v) is 1.48. The predicted molar refractivity (Wildman–Crippen MR) is 57.8 cm³/mol. The van der Waals surface area contributed by atoms with E-state index >= 15 is 0 Å². The molecule has 0 aromatic heterocycles. The summed E-state index contributed by atoms with van der Waals surface area (Å²) in [6.07, 6.45) is 0. The van der Waals surface area contributed by atoms with Crippen LogP contribution in [0.1, 0.15) is 25.0 Å². The minimum absolute atomic E-state index is 1.08. The SMILES string of the molecule is CCN(CC)Cc1ccccc1C. The molecule has 1 rings (SSSR count).